The number of carbonyl (C=O) groups excluding carboxylic acids is 1. The largest absolute Gasteiger partial charge is 0.461 e. The highest BCUT2D eigenvalue weighted by molar-refractivity contribution is 5.89. The zero-order chi connectivity index (χ0) is 13.0. The summed E-state index contributed by atoms with van der Waals surface area (Å²) >= 11 is 0. The topological polar surface area (TPSA) is 42.1 Å². The maximum Gasteiger partial charge on any atom is 0.355 e. The molecule has 0 spiro atoms. The van der Waals surface area contributed by atoms with E-state index in [0.29, 0.717) is 18.2 Å². The molecule has 1 N–H and O–H groups in total. The van der Waals surface area contributed by atoms with Gasteiger partial charge in [0.25, 0.3) is 0 Å². The van der Waals surface area contributed by atoms with Crippen molar-refractivity contribution in [3.63, 3.8) is 0 Å². The van der Waals surface area contributed by atoms with Gasteiger partial charge in [0, 0.05) is 6.20 Å². The fourth-order valence-electron chi connectivity index (χ4n) is 3.01. The Bertz CT molecular complexity index is 403. The van der Waals surface area contributed by atoms with Gasteiger partial charge in [0.1, 0.15) is 5.69 Å². The van der Waals surface area contributed by atoms with E-state index in [2.05, 4.69) is 11.9 Å². The number of ether oxygens (including phenoxy) is 1. The Labute approximate surface area is 109 Å². The monoisotopic (exact) mass is 249 g/mol. The molecule has 3 heteroatoms. The van der Waals surface area contributed by atoms with Gasteiger partial charge in [-0.1, -0.05) is 26.2 Å². The molecule has 0 aromatic carbocycles. The first-order valence-electron chi connectivity index (χ1n) is 7.15. The lowest BCUT2D eigenvalue weighted by Gasteiger charge is -2.22. The standard InChI is InChI=1S/C15H23NO2/c1-3-12-13(11-8-6-5-7-9-11)10-16-14(12)15(17)18-4-2/h10-11,16H,3-9H2,1-2H3. The minimum absolute atomic E-state index is 0.212. The number of H-pyrrole nitrogens is 1. The Morgan fingerprint density at radius 2 is 2.06 bits per heavy atom. The molecular formula is C15H23NO2. The van der Waals surface area contributed by atoms with Gasteiger partial charge >= 0.3 is 5.97 Å². The Morgan fingerprint density at radius 3 is 2.67 bits per heavy atom. The normalized spacial score (nSPS) is 16.8. The molecule has 100 valence electrons. The third-order valence-corrected chi connectivity index (χ3v) is 3.90. The number of hydrogen-bond acceptors (Lipinski definition) is 2. The number of aromatic amines is 1. The predicted octanol–water partition coefficient (Wildman–Crippen LogP) is 3.80. The molecule has 1 aromatic heterocycles. The van der Waals surface area contributed by atoms with Crippen LogP contribution in [0.1, 0.15) is 73.5 Å². The average Bonchev–Trinajstić information content (AvgIpc) is 2.83. The third-order valence-electron chi connectivity index (χ3n) is 3.90. The Kier molecular flexibility index (Phi) is 4.45. The molecule has 1 saturated carbocycles. The fourth-order valence-corrected chi connectivity index (χ4v) is 3.01. The molecule has 0 amide bonds. The van der Waals surface area contributed by atoms with Crippen molar-refractivity contribution in [2.75, 3.05) is 6.61 Å². The molecular weight excluding hydrogens is 226 g/mol. The van der Waals surface area contributed by atoms with Gasteiger partial charge in [-0.2, -0.15) is 0 Å². The smallest absolute Gasteiger partial charge is 0.355 e. The predicted molar refractivity (Wildman–Crippen MR) is 72.0 cm³/mol. The van der Waals surface area contributed by atoms with E-state index in [1.165, 1.54) is 43.2 Å². The average molecular weight is 249 g/mol. The van der Waals surface area contributed by atoms with Crippen molar-refractivity contribution in [2.45, 2.75) is 58.3 Å². The van der Waals surface area contributed by atoms with E-state index in [1.807, 2.05) is 13.1 Å². The summed E-state index contributed by atoms with van der Waals surface area (Å²) in [6, 6.07) is 0. The summed E-state index contributed by atoms with van der Waals surface area (Å²) in [5.74, 6) is 0.421. The van der Waals surface area contributed by atoms with Crippen LogP contribution in [0.15, 0.2) is 6.20 Å². The van der Waals surface area contributed by atoms with Crippen LogP contribution in [0.5, 0.6) is 0 Å². The molecule has 1 aliphatic rings. The number of esters is 1. The molecule has 0 saturated heterocycles. The minimum Gasteiger partial charge on any atom is -0.461 e. The van der Waals surface area contributed by atoms with Crippen molar-refractivity contribution in [3.05, 3.63) is 23.0 Å². The van der Waals surface area contributed by atoms with Gasteiger partial charge < -0.3 is 9.72 Å². The van der Waals surface area contributed by atoms with Crippen molar-refractivity contribution < 1.29 is 9.53 Å². The number of rotatable bonds is 4. The highest BCUT2D eigenvalue weighted by Crippen LogP contribution is 2.35. The Hall–Kier alpha value is -1.25. The van der Waals surface area contributed by atoms with E-state index < -0.39 is 0 Å². The lowest BCUT2D eigenvalue weighted by molar-refractivity contribution is 0.0519. The molecule has 0 radical (unpaired) electrons. The van der Waals surface area contributed by atoms with Crippen LogP contribution >= 0.6 is 0 Å². The Balaban J connectivity index is 2.23. The molecule has 1 aliphatic carbocycles. The molecule has 3 nitrogen and oxygen atoms in total. The van der Waals surface area contributed by atoms with E-state index in [-0.39, 0.29) is 5.97 Å². The quantitative estimate of drug-likeness (QED) is 0.825. The maximum atomic E-state index is 11.9. The van der Waals surface area contributed by atoms with Gasteiger partial charge in [-0.25, -0.2) is 4.79 Å². The van der Waals surface area contributed by atoms with Gasteiger partial charge in [0.15, 0.2) is 0 Å². The van der Waals surface area contributed by atoms with Crippen molar-refractivity contribution in [1.29, 1.82) is 0 Å². The van der Waals surface area contributed by atoms with E-state index in [9.17, 15) is 4.79 Å². The molecule has 1 fully saturated rings. The first-order valence-corrected chi connectivity index (χ1v) is 7.15. The fraction of sp³-hybridized carbons (Fsp3) is 0.667. The lowest BCUT2D eigenvalue weighted by atomic mass is 9.83. The number of carbonyl (C=O) groups is 1. The van der Waals surface area contributed by atoms with Crippen LogP contribution in [0, 0.1) is 0 Å². The van der Waals surface area contributed by atoms with Crippen LogP contribution in [0.2, 0.25) is 0 Å². The van der Waals surface area contributed by atoms with E-state index >= 15 is 0 Å². The molecule has 0 atom stereocenters. The second-order valence-corrected chi connectivity index (χ2v) is 5.01. The van der Waals surface area contributed by atoms with Crippen LogP contribution in [-0.2, 0) is 11.2 Å². The molecule has 18 heavy (non-hydrogen) atoms. The zero-order valence-corrected chi connectivity index (χ0v) is 11.4. The minimum atomic E-state index is -0.212. The van der Waals surface area contributed by atoms with Crippen molar-refractivity contribution >= 4 is 5.97 Å². The first kappa shape index (κ1) is 13.2. The molecule has 1 heterocycles. The third kappa shape index (κ3) is 2.60. The van der Waals surface area contributed by atoms with Crippen LogP contribution in [0.3, 0.4) is 0 Å². The van der Waals surface area contributed by atoms with E-state index in [4.69, 9.17) is 4.74 Å². The molecule has 2 rings (SSSR count). The van der Waals surface area contributed by atoms with Gasteiger partial charge in [0.05, 0.1) is 6.61 Å². The Morgan fingerprint density at radius 1 is 1.33 bits per heavy atom. The van der Waals surface area contributed by atoms with Crippen LogP contribution in [-0.4, -0.2) is 17.6 Å². The van der Waals surface area contributed by atoms with Crippen molar-refractivity contribution in [2.24, 2.45) is 0 Å². The second kappa shape index (κ2) is 6.07. The summed E-state index contributed by atoms with van der Waals surface area (Å²) in [5.41, 5.74) is 3.18. The molecule has 0 unspecified atom stereocenters. The second-order valence-electron chi connectivity index (χ2n) is 5.01. The summed E-state index contributed by atoms with van der Waals surface area (Å²) in [7, 11) is 0. The van der Waals surface area contributed by atoms with Crippen LogP contribution < -0.4 is 0 Å². The van der Waals surface area contributed by atoms with E-state index in [0.717, 1.165) is 6.42 Å². The lowest BCUT2D eigenvalue weighted by Crippen LogP contribution is -2.10. The number of aromatic nitrogens is 1. The summed E-state index contributed by atoms with van der Waals surface area (Å²) in [5, 5.41) is 0. The first-order chi connectivity index (χ1) is 8.77. The summed E-state index contributed by atoms with van der Waals surface area (Å²) in [6.07, 6.45) is 9.42. The van der Waals surface area contributed by atoms with Gasteiger partial charge in [-0.15, -0.1) is 0 Å². The van der Waals surface area contributed by atoms with E-state index in [1.54, 1.807) is 0 Å². The molecule has 0 bridgehead atoms. The van der Waals surface area contributed by atoms with Gasteiger partial charge in [-0.05, 0) is 43.2 Å². The summed E-state index contributed by atoms with van der Waals surface area (Å²) in [6.45, 7) is 4.38. The van der Waals surface area contributed by atoms with Crippen LogP contribution in [0.4, 0.5) is 0 Å². The summed E-state index contributed by atoms with van der Waals surface area (Å²) < 4.78 is 5.10. The van der Waals surface area contributed by atoms with Crippen LogP contribution in [0.25, 0.3) is 0 Å². The molecule has 1 aromatic rings. The van der Waals surface area contributed by atoms with Crippen molar-refractivity contribution in [3.8, 4) is 0 Å². The SMILES string of the molecule is CCOC(=O)c1[nH]cc(C2CCCCC2)c1CC. The highest BCUT2D eigenvalue weighted by Gasteiger charge is 2.23. The van der Waals surface area contributed by atoms with Gasteiger partial charge in [0.2, 0.25) is 0 Å². The highest BCUT2D eigenvalue weighted by atomic mass is 16.5. The summed E-state index contributed by atoms with van der Waals surface area (Å²) in [4.78, 5) is 15.0. The van der Waals surface area contributed by atoms with Crippen molar-refractivity contribution in [1.82, 2.24) is 4.98 Å². The molecule has 0 aliphatic heterocycles. The number of hydrogen-bond donors (Lipinski definition) is 1. The number of nitrogens with one attached hydrogen (secondary N) is 1. The maximum absolute atomic E-state index is 11.9. The van der Waals surface area contributed by atoms with Gasteiger partial charge in [-0.3, -0.25) is 0 Å². The zero-order valence-electron chi connectivity index (χ0n) is 11.4.